The third-order valence-electron chi connectivity index (χ3n) is 2.44. The zero-order valence-corrected chi connectivity index (χ0v) is 8.24. The minimum Gasteiger partial charge on any atom is -0.504 e. The maximum atomic E-state index is 13.4. The van der Waals surface area contributed by atoms with Crippen LogP contribution in [-0.4, -0.2) is 15.3 Å². The molecule has 0 radical (unpaired) electrons. The Morgan fingerprint density at radius 3 is 2.38 bits per heavy atom. The highest BCUT2D eigenvalue weighted by Gasteiger charge is 2.14. The molecular weight excluding hydrogens is 211 g/mol. The average Bonchev–Trinajstić information content (AvgIpc) is 2.26. The van der Waals surface area contributed by atoms with Crippen molar-refractivity contribution in [3.8, 4) is 17.2 Å². The average molecular weight is 220 g/mol. The molecule has 0 aromatic heterocycles. The van der Waals surface area contributed by atoms with Crippen molar-refractivity contribution in [2.75, 3.05) is 0 Å². The van der Waals surface area contributed by atoms with E-state index in [4.69, 9.17) is 0 Å². The molecule has 3 nitrogen and oxygen atoms in total. The van der Waals surface area contributed by atoms with E-state index in [-0.39, 0.29) is 10.9 Å². The molecule has 0 aliphatic rings. The summed E-state index contributed by atoms with van der Waals surface area (Å²) in [4.78, 5) is 0. The van der Waals surface area contributed by atoms with E-state index in [0.717, 1.165) is 6.07 Å². The highest BCUT2D eigenvalue weighted by Crippen LogP contribution is 2.42. The lowest BCUT2D eigenvalue weighted by molar-refractivity contribution is 0.371. The fourth-order valence-electron chi connectivity index (χ4n) is 1.63. The number of phenols is 3. The molecule has 0 spiro atoms. The molecule has 0 bridgehead atoms. The maximum absolute atomic E-state index is 13.4. The van der Waals surface area contributed by atoms with Gasteiger partial charge in [-0.15, -0.1) is 0 Å². The van der Waals surface area contributed by atoms with Gasteiger partial charge in [0, 0.05) is 10.9 Å². The first kappa shape index (κ1) is 10.3. The van der Waals surface area contributed by atoms with Crippen LogP contribution in [-0.2, 0) is 0 Å². The summed E-state index contributed by atoms with van der Waals surface area (Å²) in [5, 5.41) is 28.8. The molecule has 82 valence electrons. The molecule has 0 heterocycles. The molecule has 2 aromatic rings. The molecule has 0 unspecified atom stereocenters. The van der Waals surface area contributed by atoms with Gasteiger partial charge in [0.05, 0.1) is 0 Å². The van der Waals surface area contributed by atoms with Crippen LogP contribution in [0, 0.1) is 5.82 Å². The second kappa shape index (κ2) is 3.41. The molecular formula is C12H9FO3. The number of fused-ring (bicyclic) bond motifs is 1. The van der Waals surface area contributed by atoms with E-state index in [0.29, 0.717) is 5.39 Å². The van der Waals surface area contributed by atoms with Gasteiger partial charge in [0.1, 0.15) is 5.82 Å². The summed E-state index contributed by atoms with van der Waals surface area (Å²) in [7, 11) is 0. The predicted octanol–water partition coefficient (Wildman–Crippen LogP) is 2.74. The third-order valence-corrected chi connectivity index (χ3v) is 2.44. The van der Waals surface area contributed by atoms with Crippen molar-refractivity contribution in [2.45, 2.75) is 0 Å². The molecule has 2 rings (SSSR count). The lowest BCUT2D eigenvalue weighted by Crippen LogP contribution is -1.86. The second-order valence-corrected chi connectivity index (χ2v) is 3.35. The lowest BCUT2D eigenvalue weighted by Gasteiger charge is -2.08. The van der Waals surface area contributed by atoms with Gasteiger partial charge in [-0.3, -0.25) is 0 Å². The van der Waals surface area contributed by atoms with Gasteiger partial charge in [0.25, 0.3) is 0 Å². The van der Waals surface area contributed by atoms with Crippen LogP contribution in [0.25, 0.3) is 16.8 Å². The van der Waals surface area contributed by atoms with Crippen molar-refractivity contribution in [1.82, 2.24) is 0 Å². The van der Waals surface area contributed by atoms with E-state index in [9.17, 15) is 19.7 Å². The van der Waals surface area contributed by atoms with E-state index in [1.165, 1.54) is 18.2 Å². The number of hydrogen-bond donors (Lipinski definition) is 3. The summed E-state index contributed by atoms with van der Waals surface area (Å²) in [6.07, 6.45) is 1.29. The molecule has 0 fully saturated rings. The standard InChI is InChI=1S/C12H9FO3/c1-2-6-8-5-10(14)12(16)11(15)7(8)3-4-9(6)13/h2-5,14-16H,1H2. The number of rotatable bonds is 1. The van der Waals surface area contributed by atoms with Crippen LogP contribution in [0.5, 0.6) is 17.2 Å². The first-order chi connectivity index (χ1) is 7.56. The van der Waals surface area contributed by atoms with Gasteiger partial charge in [-0.1, -0.05) is 12.7 Å². The summed E-state index contributed by atoms with van der Waals surface area (Å²) >= 11 is 0. The Morgan fingerprint density at radius 1 is 1.06 bits per heavy atom. The fraction of sp³-hybridized carbons (Fsp3) is 0. The molecule has 0 saturated carbocycles. The molecule has 0 aliphatic heterocycles. The maximum Gasteiger partial charge on any atom is 0.200 e. The topological polar surface area (TPSA) is 60.7 Å². The fourth-order valence-corrected chi connectivity index (χ4v) is 1.63. The van der Waals surface area contributed by atoms with Crippen molar-refractivity contribution < 1.29 is 19.7 Å². The van der Waals surface area contributed by atoms with Crippen molar-refractivity contribution in [3.63, 3.8) is 0 Å². The normalized spacial score (nSPS) is 10.6. The second-order valence-electron chi connectivity index (χ2n) is 3.35. The molecule has 0 saturated heterocycles. The van der Waals surface area contributed by atoms with E-state index in [1.807, 2.05) is 0 Å². The number of phenolic OH excluding ortho intramolecular Hbond substituents is 3. The Balaban J connectivity index is 3.01. The van der Waals surface area contributed by atoms with Crippen molar-refractivity contribution in [3.05, 3.63) is 36.2 Å². The van der Waals surface area contributed by atoms with Crippen LogP contribution in [0.2, 0.25) is 0 Å². The first-order valence-electron chi connectivity index (χ1n) is 4.54. The monoisotopic (exact) mass is 220 g/mol. The summed E-state index contributed by atoms with van der Waals surface area (Å²) in [5.41, 5.74) is 0.170. The van der Waals surface area contributed by atoms with Gasteiger partial charge in [-0.2, -0.15) is 0 Å². The van der Waals surface area contributed by atoms with Crippen molar-refractivity contribution >= 4 is 16.8 Å². The van der Waals surface area contributed by atoms with Gasteiger partial charge >= 0.3 is 0 Å². The predicted molar refractivity (Wildman–Crippen MR) is 59.0 cm³/mol. The van der Waals surface area contributed by atoms with Crippen LogP contribution < -0.4 is 0 Å². The van der Waals surface area contributed by atoms with Gasteiger partial charge in [-0.05, 0) is 23.6 Å². The molecule has 0 amide bonds. The van der Waals surface area contributed by atoms with Crippen LogP contribution in [0.3, 0.4) is 0 Å². The summed E-state index contributed by atoms with van der Waals surface area (Å²) in [6, 6.07) is 3.67. The van der Waals surface area contributed by atoms with E-state index >= 15 is 0 Å². The van der Waals surface area contributed by atoms with E-state index in [2.05, 4.69) is 6.58 Å². The largest absolute Gasteiger partial charge is 0.504 e. The number of hydrogen-bond acceptors (Lipinski definition) is 3. The molecule has 4 heteroatoms. The van der Waals surface area contributed by atoms with Crippen molar-refractivity contribution in [1.29, 1.82) is 0 Å². The number of benzene rings is 2. The van der Waals surface area contributed by atoms with Crippen LogP contribution in [0.4, 0.5) is 4.39 Å². The Bertz CT molecular complexity index is 591. The summed E-state index contributed by atoms with van der Waals surface area (Å²) in [6.45, 7) is 3.46. The van der Waals surface area contributed by atoms with Gasteiger partial charge in [0.15, 0.2) is 11.5 Å². The smallest absolute Gasteiger partial charge is 0.200 e. The Kier molecular flexibility index (Phi) is 2.20. The molecule has 3 N–H and O–H groups in total. The molecule has 0 aliphatic carbocycles. The lowest BCUT2D eigenvalue weighted by atomic mass is 10.0. The van der Waals surface area contributed by atoms with Crippen molar-refractivity contribution in [2.24, 2.45) is 0 Å². The summed E-state index contributed by atoms with van der Waals surface area (Å²) < 4.78 is 13.4. The molecule has 2 aromatic carbocycles. The van der Waals surface area contributed by atoms with Crippen LogP contribution in [0.1, 0.15) is 5.56 Å². The zero-order chi connectivity index (χ0) is 11.9. The van der Waals surface area contributed by atoms with Crippen LogP contribution >= 0.6 is 0 Å². The minimum absolute atomic E-state index is 0.170. The first-order valence-corrected chi connectivity index (χ1v) is 4.54. The highest BCUT2D eigenvalue weighted by atomic mass is 19.1. The van der Waals surface area contributed by atoms with E-state index < -0.39 is 23.1 Å². The van der Waals surface area contributed by atoms with Gasteiger partial charge < -0.3 is 15.3 Å². The van der Waals surface area contributed by atoms with Gasteiger partial charge in [0.2, 0.25) is 5.75 Å². The third kappa shape index (κ3) is 1.27. The summed E-state index contributed by atoms with van der Waals surface area (Å²) in [5.74, 6) is -2.10. The minimum atomic E-state index is -0.617. The zero-order valence-electron chi connectivity index (χ0n) is 8.24. The molecule has 0 atom stereocenters. The van der Waals surface area contributed by atoms with E-state index in [1.54, 1.807) is 0 Å². The number of aromatic hydroxyl groups is 3. The molecule has 16 heavy (non-hydrogen) atoms. The van der Waals surface area contributed by atoms with Gasteiger partial charge in [-0.25, -0.2) is 4.39 Å². The Morgan fingerprint density at radius 2 is 1.75 bits per heavy atom. The highest BCUT2D eigenvalue weighted by molar-refractivity contribution is 5.97. The SMILES string of the molecule is C=Cc1c(F)ccc2c(O)c(O)c(O)cc12. The number of halogens is 1. The Labute approximate surface area is 90.7 Å². The van der Waals surface area contributed by atoms with Crippen LogP contribution in [0.15, 0.2) is 24.8 Å². The Hall–Kier alpha value is -2.23. The quantitative estimate of drug-likeness (QED) is 0.647.